The van der Waals surface area contributed by atoms with Crippen molar-refractivity contribution in [2.24, 2.45) is 0 Å². The molecule has 1 rings (SSSR count). The van der Waals surface area contributed by atoms with Gasteiger partial charge in [0, 0.05) is 0 Å². The van der Waals surface area contributed by atoms with E-state index in [-0.39, 0.29) is 0 Å². The monoisotopic (exact) mass is 336 g/mol. The van der Waals surface area contributed by atoms with Gasteiger partial charge in [-0.2, -0.15) is 0 Å². The maximum Gasteiger partial charge on any atom is 0.144 e. The first-order valence-electron chi connectivity index (χ1n) is 9.32. The molecule has 0 heterocycles. The smallest absolute Gasteiger partial charge is 0.144 e. The minimum Gasteiger partial charge on any atom is -0.294 e. The maximum atomic E-state index is 2.42. The Morgan fingerprint density at radius 1 is 0.458 bits per heavy atom. The lowest BCUT2D eigenvalue weighted by atomic mass is 10.1. The Labute approximate surface area is 151 Å². The molecule has 0 aliphatic rings. The number of rotatable bonds is 6. The van der Waals surface area contributed by atoms with Crippen LogP contribution in [-0.2, 0) is 0 Å². The molecular weight excluding hydrogens is 294 g/mol. The minimum absolute atomic E-state index is 0.539. The normalized spacial score (nSPS) is 14.1. The Hall–Kier alpha value is -0.900. The highest BCUT2D eigenvalue weighted by atomic mass is 15.4. The van der Waals surface area contributed by atoms with Crippen LogP contribution in [0.1, 0.15) is 41.5 Å². The van der Waals surface area contributed by atoms with Gasteiger partial charge in [0.25, 0.3) is 0 Å². The maximum absolute atomic E-state index is 2.42. The van der Waals surface area contributed by atoms with Crippen LogP contribution in [0.15, 0.2) is 18.2 Å². The van der Waals surface area contributed by atoms with E-state index in [2.05, 4.69) is 102 Å². The van der Waals surface area contributed by atoms with Crippen molar-refractivity contribution >= 4 is 17.1 Å². The van der Waals surface area contributed by atoms with Crippen LogP contribution in [0.2, 0.25) is 0 Å². The molecule has 138 valence electrons. The average molecular weight is 337 g/mol. The Morgan fingerprint density at radius 2 is 0.625 bits per heavy atom. The van der Waals surface area contributed by atoms with Crippen LogP contribution in [0, 0.1) is 0 Å². The van der Waals surface area contributed by atoms with Gasteiger partial charge in [-0.05, 0) is 41.5 Å². The molecule has 0 aromatic heterocycles. The summed E-state index contributed by atoms with van der Waals surface area (Å²) in [4.78, 5) is 0. The summed E-state index contributed by atoms with van der Waals surface area (Å²) in [5, 5.41) is 0. The predicted molar refractivity (Wildman–Crippen MR) is 113 cm³/mol. The van der Waals surface area contributed by atoms with Crippen LogP contribution < -0.4 is 13.4 Å². The second kappa shape index (κ2) is 6.78. The van der Waals surface area contributed by atoms with Crippen molar-refractivity contribution in [1.82, 2.24) is 13.4 Å². The van der Waals surface area contributed by atoms with Crippen molar-refractivity contribution in [3.8, 4) is 0 Å². The van der Waals surface area contributed by atoms with Crippen molar-refractivity contribution in [1.29, 1.82) is 0 Å². The van der Waals surface area contributed by atoms with Gasteiger partial charge in [-0.15, -0.1) is 0 Å². The van der Waals surface area contributed by atoms with Gasteiger partial charge in [-0.25, -0.2) is 0 Å². The molecule has 0 bridgehead atoms. The zero-order chi connectivity index (χ0) is 19.1. The van der Waals surface area contributed by atoms with Crippen molar-refractivity contribution in [3.63, 3.8) is 0 Å². The predicted octanol–water partition coefficient (Wildman–Crippen LogP) is 4.61. The first-order chi connectivity index (χ1) is 10.6. The minimum atomic E-state index is 0.539. The van der Waals surface area contributed by atoms with E-state index in [1.165, 1.54) is 17.1 Å². The lowest BCUT2D eigenvalue weighted by molar-refractivity contribution is 0.309. The summed E-state index contributed by atoms with van der Waals surface area (Å²) in [6, 6.07) is 8.88. The SMILES string of the molecule is CC(C)[N+](C)(C)c1cc([N+](C)(C)C(C)C)cc([N+](C)(C)C(C)C)c1. The molecule has 1 aromatic rings. The second-order valence-corrected chi connectivity index (χ2v) is 9.61. The molecule has 0 aliphatic carbocycles. The fourth-order valence-corrected chi connectivity index (χ4v) is 2.47. The molecule has 24 heavy (non-hydrogen) atoms. The van der Waals surface area contributed by atoms with Crippen molar-refractivity contribution < 1.29 is 0 Å². The van der Waals surface area contributed by atoms with Crippen LogP contribution >= 0.6 is 0 Å². The highest BCUT2D eigenvalue weighted by molar-refractivity contribution is 5.66. The zero-order valence-electron chi connectivity index (χ0n) is 18.3. The summed E-state index contributed by atoms with van der Waals surface area (Å²) >= 11 is 0. The summed E-state index contributed by atoms with van der Waals surface area (Å²) in [6.07, 6.45) is 0. The molecule has 0 saturated carbocycles. The van der Waals surface area contributed by atoms with Crippen LogP contribution in [0.3, 0.4) is 0 Å². The summed E-state index contributed by atoms with van der Waals surface area (Å²) in [5.74, 6) is 0. The van der Waals surface area contributed by atoms with Crippen LogP contribution in [0.5, 0.6) is 0 Å². The van der Waals surface area contributed by atoms with E-state index in [0.717, 1.165) is 13.4 Å². The van der Waals surface area contributed by atoms with E-state index in [1.807, 2.05) is 0 Å². The van der Waals surface area contributed by atoms with E-state index in [9.17, 15) is 0 Å². The molecule has 0 radical (unpaired) electrons. The van der Waals surface area contributed by atoms with Gasteiger partial charge in [0.2, 0.25) is 0 Å². The fraction of sp³-hybridized carbons (Fsp3) is 0.714. The van der Waals surface area contributed by atoms with Crippen LogP contribution in [0.25, 0.3) is 0 Å². The first-order valence-corrected chi connectivity index (χ1v) is 9.32. The fourth-order valence-electron chi connectivity index (χ4n) is 2.47. The Bertz CT molecular complexity index is 473. The highest BCUT2D eigenvalue weighted by Crippen LogP contribution is 2.37. The molecule has 0 aliphatic heterocycles. The van der Waals surface area contributed by atoms with Crippen molar-refractivity contribution in [3.05, 3.63) is 18.2 Å². The molecule has 0 fully saturated rings. The topological polar surface area (TPSA) is 0 Å². The number of quaternary nitrogens is 3. The van der Waals surface area contributed by atoms with Gasteiger partial charge < -0.3 is 0 Å². The lowest BCUT2D eigenvalue weighted by Crippen LogP contribution is -2.50. The van der Waals surface area contributed by atoms with Gasteiger partial charge in [0.15, 0.2) is 0 Å². The quantitative estimate of drug-likeness (QED) is 0.665. The Balaban J connectivity index is 3.70. The molecular formula is C21H42N3+3. The molecule has 0 saturated heterocycles. The summed E-state index contributed by atoms with van der Waals surface area (Å²) in [5.41, 5.74) is 4.20. The summed E-state index contributed by atoms with van der Waals surface area (Å²) < 4.78 is 2.70. The molecule has 0 unspecified atom stereocenters. The third-order valence-corrected chi connectivity index (χ3v) is 6.76. The molecule has 1 aromatic carbocycles. The number of benzene rings is 1. The van der Waals surface area contributed by atoms with Crippen LogP contribution in [-0.4, -0.2) is 60.4 Å². The van der Waals surface area contributed by atoms with Gasteiger partial charge in [-0.3, -0.25) is 13.4 Å². The molecule has 3 heteroatoms. The van der Waals surface area contributed by atoms with E-state index >= 15 is 0 Å². The van der Waals surface area contributed by atoms with E-state index in [4.69, 9.17) is 0 Å². The molecule has 0 spiro atoms. The van der Waals surface area contributed by atoms with Gasteiger partial charge >= 0.3 is 0 Å². The first kappa shape index (κ1) is 21.1. The number of hydrogen-bond donors (Lipinski definition) is 0. The third-order valence-electron chi connectivity index (χ3n) is 6.76. The zero-order valence-corrected chi connectivity index (χ0v) is 18.3. The average Bonchev–Trinajstić information content (AvgIpc) is 2.46. The third kappa shape index (κ3) is 3.84. The standard InChI is InChI=1S/C21H42N3/c1-16(2)22(7,8)19-13-20(23(9,10)17(3)4)15-21(14-19)24(11,12)18(5)6/h13-18H,1-12H3/q+3. The van der Waals surface area contributed by atoms with Crippen molar-refractivity contribution in [2.75, 3.05) is 42.3 Å². The van der Waals surface area contributed by atoms with E-state index in [0.29, 0.717) is 18.1 Å². The largest absolute Gasteiger partial charge is 0.294 e. The Morgan fingerprint density at radius 3 is 0.750 bits per heavy atom. The van der Waals surface area contributed by atoms with Crippen LogP contribution in [0.4, 0.5) is 17.1 Å². The summed E-state index contributed by atoms with van der Waals surface area (Å²) in [7, 11) is 13.9. The van der Waals surface area contributed by atoms with E-state index < -0.39 is 0 Å². The van der Waals surface area contributed by atoms with Gasteiger partial charge in [0.05, 0.1) is 78.6 Å². The van der Waals surface area contributed by atoms with E-state index in [1.54, 1.807) is 0 Å². The second-order valence-electron chi connectivity index (χ2n) is 9.61. The molecule has 3 nitrogen and oxygen atoms in total. The van der Waals surface area contributed by atoms with Gasteiger partial charge in [-0.1, -0.05) is 0 Å². The van der Waals surface area contributed by atoms with Crippen molar-refractivity contribution in [2.45, 2.75) is 59.7 Å². The summed E-state index contributed by atoms with van der Waals surface area (Å²) in [6.45, 7) is 13.8. The Kier molecular flexibility index (Phi) is 5.97. The molecule has 0 N–H and O–H groups in total. The number of hydrogen-bond acceptors (Lipinski definition) is 0. The number of nitrogens with zero attached hydrogens (tertiary/aromatic N) is 3. The highest BCUT2D eigenvalue weighted by Gasteiger charge is 2.34. The van der Waals surface area contributed by atoms with Gasteiger partial charge in [0.1, 0.15) is 17.1 Å². The molecule has 0 amide bonds. The lowest BCUT2D eigenvalue weighted by Gasteiger charge is -2.40. The molecule has 0 atom stereocenters.